The largest absolute Gasteiger partial charge is 1.00 e. The first-order chi connectivity index (χ1) is 11.7. The number of rotatable bonds is 3. The van der Waals surface area contributed by atoms with Gasteiger partial charge in [-0.25, -0.2) is 14.8 Å². The first kappa shape index (κ1) is 22.3. The van der Waals surface area contributed by atoms with Gasteiger partial charge in [-0.05, 0) is 40.0 Å². The van der Waals surface area contributed by atoms with Crippen molar-refractivity contribution in [3.8, 4) is 0 Å². The van der Waals surface area contributed by atoms with Gasteiger partial charge >= 0.3 is 25.0 Å². The fourth-order valence-electron chi connectivity index (χ4n) is 2.79. The molecule has 1 amide bonds. The number of hydrogen-bond donors (Lipinski definition) is 0. The summed E-state index contributed by atoms with van der Waals surface area (Å²) in [6.07, 6.45) is 5.25. The van der Waals surface area contributed by atoms with Crippen molar-refractivity contribution in [3.63, 3.8) is 0 Å². The minimum absolute atomic E-state index is 0. The Morgan fingerprint density at radius 1 is 1.23 bits per heavy atom. The fraction of sp³-hybridized carbons (Fsp3) is 0.647. The number of anilines is 1. The van der Waals surface area contributed by atoms with Crippen LogP contribution in [0.5, 0.6) is 0 Å². The minimum Gasteiger partial charge on any atom is -0.542 e. The monoisotopic (exact) mass is 356 g/mol. The Bertz CT molecular complexity index is 618. The van der Waals surface area contributed by atoms with Gasteiger partial charge in [0.15, 0.2) is 5.82 Å². The molecule has 138 valence electrons. The molecule has 0 saturated carbocycles. The van der Waals surface area contributed by atoms with E-state index < -0.39 is 11.6 Å². The number of carbonyl (C=O) groups excluding carboxylic acids is 2. The third-order valence-electron chi connectivity index (χ3n) is 4.13. The first-order valence-electron chi connectivity index (χ1n) is 8.41. The van der Waals surface area contributed by atoms with Gasteiger partial charge < -0.3 is 24.4 Å². The number of hydrogen-bond acceptors (Lipinski definition) is 7. The molecule has 2 rings (SSSR count). The molecule has 2 heterocycles. The Hall–Kier alpha value is -1.78. The fourth-order valence-corrected chi connectivity index (χ4v) is 2.79. The van der Waals surface area contributed by atoms with Crippen LogP contribution in [0.1, 0.15) is 50.7 Å². The van der Waals surface area contributed by atoms with Gasteiger partial charge in [0.25, 0.3) is 0 Å². The maximum absolute atomic E-state index is 12.2. The third kappa shape index (κ3) is 6.18. The minimum atomic E-state index is -1.39. The normalized spacial score (nSPS) is 17.7. The second kappa shape index (κ2) is 9.24. The number of aromatic carboxylic acids is 1. The second-order valence-electron chi connectivity index (χ2n) is 7.22. The Morgan fingerprint density at radius 2 is 1.85 bits per heavy atom. The predicted molar refractivity (Wildman–Crippen MR) is 90.2 cm³/mol. The van der Waals surface area contributed by atoms with Crippen LogP contribution in [-0.2, 0) is 4.74 Å². The summed E-state index contributed by atoms with van der Waals surface area (Å²) < 4.78 is 5.44. The van der Waals surface area contributed by atoms with Crippen LogP contribution in [0.15, 0.2) is 12.4 Å². The van der Waals surface area contributed by atoms with Gasteiger partial charge in [-0.15, -0.1) is 0 Å². The zero-order valence-electron chi connectivity index (χ0n) is 16.2. The molecule has 1 aliphatic heterocycles. The van der Waals surface area contributed by atoms with Gasteiger partial charge in [0.1, 0.15) is 11.6 Å². The van der Waals surface area contributed by atoms with Crippen molar-refractivity contribution in [1.29, 1.82) is 0 Å². The molecule has 1 atom stereocenters. The molecule has 1 aliphatic rings. The van der Waals surface area contributed by atoms with Gasteiger partial charge in [-0.1, -0.05) is 0 Å². The van der Waals surface area contributed by atoms with Crippen LogP contribution in [0.3, 0.4) is 0 Å². The number of aromatic nitrogens is 2. The van der Waals surface area contributed by atoms with E-state index in [9.17, 15) is 14.7 Å². The SMILES string of the molecule is CN(c1cnc(C(=O)[O-])nc1)C1CCCN(C(=O)OC(C)(C)C)CC1.[Li+]. The van der Waals surface area contributed by atoms with Crippen LogP contribution in [0.4, 0.5) is 10.5 Å². The van der Waals surface area contributed by atoms with E-state index in [-0.39, 0.29) is 36.8 Å². The molecular weight excluding hydrogens is 331 g/mol. The number of likely N-dealkylation sites (tertiary alicyclic amines) is 1. The van der Waals surface area contributed by atoms with Gasteiger partial charge in [0.2, 0.25) is 0 Å². The van der Waals surface area contributed by atoms with E-state index in [4.69, 9.17) is 4.74 Å². The van der Waals surface area contributed by atoms with Crippen LogP contribution in [0.25, 0.3) is 0 Å². The topological polar surface area (TPSA) is 98.7 Å². The van der Waals surface area contributed by atoms with Crippen molar-refractivity contribution < 1.29 is 38.3 Å². The van der Waals surface area contributed by atoms with E-state index >= 15 is 0 Å². The Morgan fingerprint density at radius 3 is 2.38 bits per heavy atom. The van der Waals surface area contributed by atoms with Crippen LogP contribution >= 0.6 is 0 Å². The van der Waals surface area contributed by atoms with Crippen LogP contribution in [-0.4, -0.2) is 58.7 Å². The van der Waals surface area contributed by atoms with Crippen molar-refractivity contribution in [3.05, 3.63) is 18.2 Å². The summed E-state index contributed by atoms with van der Waals surface area (Å²) in [6, 6.07) is 0.213. The maximum Gasteiger partial charge on any atom is 1.00 e. The van der Waals surface area contributed by atoms with E-state index in [2.05, 4.69) is 9.97 Å². The quantitative estimate of drug-likeness (QED) is 0.582. The molecule has 26 heavy (non-hydrogen) atoms. The summed E-state index contributed by atoms with van der Waals surface area (Å²) in [7, 11) is 1.92. The molecule has 0 spiro atoms. The summed E-state index contributed by atoms with van der Waals surface area (Å²) >= 11 is 0. The molecule has 1 fully saturated rings. The number of nitrogens with zero attached hydrogens (tertiary/aromatic N) is 4. The van der Waals surface area contributed by atoms with Crippen molar-refractivity contribution in [1.82, 2.24) is 14.9 Å². The molecule has 1 saturated heterocycles. The molecular formula is C17H25LiN4O4. The van der Waals surface area contributed by atoms with Crippen molar-refractivity contribution >= 4 is 17.7 Å². The average Bonchev–Trinajstić information content (AvgIpc) is 2.78. The van der Waals surface area contributed by atoms with E-state index in [1.165, 1.54) is 12.4 Å². The average molecular weight is 356 g/mol. The molecule has 1 unspecified atom stereocenters. The van der Waals surface area contributed by atoms with Gasteiger partial charge in [-0.2, -0.15) is 0 Å². The number of carboxylic acid groups (broad SMARTS) is 1. The smallest absolute Gasteiger partial charge is 0.542 e. The van der Waals surface area contributed by atoms with Gasteiger partial charge in [0.05, 0.1) is 18.1 Å². The van der Waals surface area contributed by atoms with E-state index in [1.807, 2.05) is 32.7 Å². The summed E-state index contributed by atoms with van der Waals surface area (Å²) in [5.74, 6) is -1.72. The summed E-state index contributed by atoms with van der Waals surface area (Å²) in [4.78, 5) is 34.3. The maximum atomic E-state index is 12.2. The van der Waals surface area contributed by atoms with Crippen molar-refractivity contribution in [2.75, 3.05) is 25.0 Å². The van der Waals surface area contributed by atoms with Crippen LogP contribution < -0.4 is 28.9 Å². The predicted octanol–water partition coefficient (Wildman–Crippen LogP) is -1.93. The Balaban J connectivity index is 0.00000338. The molecule has 0 radical (unpaired) electrons. The molecule has 9 heteroatoms. The van der Waals surface area contributed by atoms with Crippen LogP contribution in [0, 0.1) is 0 Å². The van der Waals surface area contributed by atoms with E-state index in [1.54, 1.807) is 4.90 Å². The zero-order valence-corrected chi connectivity index (χ0v) is 16.2. The zero-order chi connectivity index (χ0) is 18.6. The van der Waals surface area contributed by atoms with Crippen LogP contribution in [0.2, 0.25) is 0 Å². The van der Waals surface area contributed by atoms with E-state index in [0.717, 1.165) is 24.9 Å². The molecule has 0 aromatic carbocycles. The third-order valence-corrected chi connectivity index (χ3v) is 4.13. The Kier molecular flexibility index (Phi) is 7.91. The molecule has 8 nitrogen and oxygen atoms in total. The Labute approximate surface area is 166 Å². The number of carboxylic acids is 1. The number of amides is 1. The van der Waals surface area contributed by atoms with E-state index in [0.29, 0.717) is 13.1 Å². The number of carbonyl (C=O) groups is 2. The summed E-state index contributed by atoms with van der Waals surface area (Å²) in [5.41, 5.74) is 0.234. The standard InChI is InChI=1S/C17H26N4O4.Li/c1-17(2,3)25-16(24)21-8-5-6-12(7-9-21)20(4)13-10-18-14(15(22)23)19-11-13;/h10-12H,5-9H2,1-4H3,(H,22,23);/q;+1/p-1. The van der Waals surface area contributed by atoms with Crippen molar-refractivity contribution in [2.24, 2.45) is 0 Å². The van der Waals surface area contributed by atoms with Gasteiger partial charge in [0, 0.05) is 26.2 Å². The summed E-state index contributed by atoms with van der Waals surface area (Å²) in [6.45, 7) is 6.85. The number of ether oxygens (including phenoxy) is 1. The molecule has 0 aliphatic carbocycles. The molecule has 0 bridgehead atoms. The molecule has 1 aromatic rings. The molecule has 1 aromatic heterocycles. The second-order valence-corrected chi connectivity index (χ2v) is 7.22. The van der Waals surface area contributed by atoms with Crippen molar-refractivity contribution in [2.45, 2.75) is 51.7 Å². The first-order valence-corrected chi connectivity index (χ1v) is 8.41. The van der Waals surface area contributed by atoms with Gasteiger partial charge in [-0.3, -0.25) is 0 Å². The summed E-state index contributed by atoms with van der Waals surface area (Å²) in [5, 5.41) is 10.7. The molecule has 0 N–H and O–H groups in total.